The first-order valence-corrected chi connectivity index (χ1v) is 15.0. The maximum absolute atomic E-state index is 13.7. The highest BCUT2D eigenvalue weighted by atomic mass is 16.3. The average molecular weight is 628 g/mol. The Morgan fingerprint density at radius 2 is 1.49 bits per heavy atom. The van der Waals surface area contributed by atoms with Crippen molar-refractivity contribution < 1.29 is 34.5 Å². The summed E-state index contributed by atoms with van der Waals surface area (Å²) in [6.45, 7) is 0.629. The van der Waals surface area contributed by atoms with Crippen molar-refractivity contribution in [1.82, 2.24) is 37.2 Å². The van der Waals surface area contributed by atoms with Gasteiger partial charge in [-0.15, -0.1) is 0 Å². The number of rotatable bonds is 12. The Morgan fingerprint density at radius 3 is 2.07 bits per heavy atom. The highest BCUT2D eigenvalue weighted by molar-refractivity contribution is 5.95. The molecule has 0 saturated heterocycles. The van der Waals surface area contributed by atoms with Gasteiger partial charge in [-0.1, -0.05) is 12.1 Å². The Balaban J connectivity index is 2.05. The van der Waals surface area contributed by atoms with Gasteiger partial charge in [0.05, 0.1) is 12.6 Å². The maximum atomic E-state index is 13.7. The van der Waals surface area contributed by atoms with E-state index in [0.29, 0.717) is 41.8 Å². The SMILES string of the molecule is CNCCC[C@@H]1NC(=O)[C@@H](NC)Cc2cc(ccc2O)-c2ccc(O)c(c2)C[C@@H](C(=O)NC(CO)C(=O)NCCNC)NC1=O. The highest BCUT2D eigenvalue weighted by Crippen LogP contribution is 2.31. The molecule has 1 aliphatic rings. The normalized spacial score (nSPS) is 19.3. The zero-order valence-electron chi connectivity index (χ0n) is 25.9. The van der Waals surface area contributed by atoms with E-state index >= 15 is 0 Å². The van der Waals surface area contributed by atoms with Crippen molar-refractivity contribution in [3.05, 3.63) is 47.5 Å². The zero-order valence-corrected chi connectivity index (χ0v) is 25.9. The van der Waals surface area contributed by atoms with Gasteiger partial charge in [0.1, 0.15) is 29.6 Å². The molecule has 45 heavy (non-hydrogen) atoms. The van der Waals surface area contributed by atoms with E-state index in [0.717, 1.165) is 0 Å². The second-order valence-corrected chi connectivity index (χ2v) is 10.9. The number of hydrogen-bond donors (Lipinski definition) is 10. The first-order chi connectivity index (χ1) is 21.6. The number of fused-ring (bicyclic) bond motifs is 5. The highest BCUT2D eigenvalue weighted by Gasteiger charge is 2.32. The molecule has 2 aromatic rings. The van der Waals surface area contributed by atoms with Crippen LogP contribution < -0.4 is 37.2 Å². The lowest BCUT2D eigenvalue weighted by Crippen LogP contribution is -2.59. The van der Waals surface area contributed by atoms with Crippen molar-refractivity contribution in [2.24, 2.45) is 0 Å². The number of phenolic OH excluding ortho intramolecular Hbond substituents is 2. The van der Waals surface area contributed by atoms with Gasteiger partial charge in [0, 0.05) is 25.9 Å². The van der Waals surface area contributed by atoms with Crippen molar-refractivity contribution in [2.75, 3.05) is 47.4 Å². The predicted octanol–water partition coefficient (Wildman–Crippen LogP) is -1.77. The fourth-order valence-corrected chi connectivity index (χ4v) is 5.03. The predicted molar refractivity (Wildman–Crippen MR) is 168 cm³/mol. The Kier molecular flexibility index (Phi) is 13.5. The van der Waals surface area contributed by atoms with E-state index in [9.17, 15) is 34.5 Å². The molecule has 0 fully saturated rings. The topological polar surface area (TPSA) is 213 Å². The molecule has 0 spiro atoms. The van der Waals surface area contributed by atoms with Gasteiger partial charge in [-0.2, -0.15) is 0 Å². The van der Waals surface area contributed by atoms with Gasteiger partial charge in [-0.05, 0) is 87.0 Å². The lowest BCUT2D eigenvalue weighted by molar-refractivity contribution is -0.134. The van der Waals surface area contributed by atoms with Crippen LogP contribution in [0.5, 0.6) is 11.5 Å². The number of aliphatic hydroxyl groups excluding tert-OH is 1. The summed E-state index contributed by atoms with van der Waals surface area (Å²) in [5.41, 5.74) is 2.20. The van der Waals surface area contributed by atoms with Crippen molar-refractivity contribution in [1.29, 1.82) is 0 Å². The summed E-state index contributed by atoms with van der Waals surface area (Å²) in [5, 5.41) is 50.7. The number of aliphatic hydroxyl groups is 1. The fraction of sp³-hybridized carbons (Fsp3) is 0.484. The third-order valence-electron chi connectivity index (χ3n) is 7.68. The summed E-state index contributed by atoms with van der Waals surface area (Å²) in [6, 6.07) is 5.40. The van der Waals surface area contributed by atoms with Crippen LogP contribution in [0.4, 0.5) is 0 Å². The summed E-state index contributed by atoms with van der Waals surface area (Å²) in [7, 11) is 5.09. The van der Waals surface area contributed by atoms with Crippen LogP contribution >= 0.6 is 0 Å². The number of benzene rings is 2. The number of carbonyl (C=O) groups excluding carboxylic acids is 4. The Hall–Kier alpha value is -4.24. The molecule has 4 amide bonds. The van der Waals surface area contributed by atoms with Crippen LogP contribution in [0.3, 0.4) is 0 Å². The van der Waals surface area contributed by atoms with Crippen molar-refractivity contribution in [3.63, 3.8) is 0 Å². The van der Waals surface area contributed by atoms with Gasteiger partial charge in [-0.25, -0.2) is 0 Å². The molecule has 1 unspecified atom stereocenters. The number of carbonyl (C=O) groups is 4. The quantitative estimate of drug-likeness (QED) is 0.120. The Labute approximate surface area is 262 Å². The van der Waals surface area contributed by atoms with Gasteiger partial charge in [0.2, 0.25) is 23.6 Å². The molecule has 14 heteroatoms. The molecule has 0 radical (unpaired) electrons. The van der Waals surface area contributed by atoms with E-state index in [-0.39, 0.29) is 37.3 Å². The number of hydrogen-bond acceptors (Lipinski definition) is 10. The van der Waals surface area contributed by atoms with Crippen LogP contribution in [-0.4, -0.2) is 110 Å². The first kappa shape index (κ1) is 35.2. The van der Waals surface area contributed by atoms with Crippen LogP contribution in [0.2, 0.25) is 0 Å². The molecule has 4 bridgehead atoms. The van der Waals surface area contributed by atoms with Crippen LogP contribution in [-0.2, 0) is 32.0 Å². The second-order valence-electron chi connectivity index (χ2n) is 10.9. The number of likely N-dealkylation sites (N-methyl/N-ethyl adjacent to an activating group) is 2. The smallest absolute Gasteiger partial charge is 0.245 e. The molecule has 0 saturated carbocycles. The summed E-state index contributed by atoms with van der Waals surface area (Å²) in [6.07, 6.45) is 0.735. The Bertz CT molecular complexity index is 1340. The molecule has 246 valence electrons. The van der Waals surface area contributed by atoms with Crippen LogP contribution in [0.25, 0.3) is 11.1 Å². The molecule has 2 aromatic carbocycles. The summed E-state index contributed by atoms with van der Waals surface area (Å²) in [4.78, 5) is 53.3. The lowest BCUT2D eigenvalue weighted by Gasteiger charge is -2.26. The number of aromatic hydroxyl groups is 2. The van der Waals surface area contributed by atoms with Crippen molar-refractivity contribution >= 4 is 23.6 Å². The largest absolute Gasteiger partial charge is 0.508 e. The Morgan fingerprint density at radius 1 is 0.867 bits per heavy atom. The van der Waals surface area contributed by atoms with E-state index in [4.69, 9.17) is 0 Å². The minimum atomic E-state index is -1.29. The molecule has 14 nitrogen and oxygen atoms in total. The minimum absolute atomic E-state index is 0.00333. The third kappa shape index (κ3) is 9.88. The standard InChI is InChI=1S/C31H45N7O7/c1-32-10-4-5-22-29(43)37-24(31(45)38-25(17-39)28(42)35-12-11-33-2)16-21-14-19(7-9-27(21)41)18-6-8-26(40)20(13-18)15-23(34-3)30(44)36-22/h6-9,13-14,22-25,32-34,39-41H,4-5,10-12,15-17H2,1-3H3,(H,35,42)(H,36,44)(H,37,43)(H,38,45)/t22-,23-,24-,25?/m0/s1. The molecule has 1 heterocycles. The number of phenols is 2. The summed E-state index contributed by atoms with van der Waals surface area (Å²) < 4.78 is 0. The molecule has 0 aliphatic carbocycles. The number of amides is 4. The molecule has 1 aliphatic heterocycles. The van der Waals surface area contributed by atoms with Gasteiger partial charge >= 0.3 is 0 Å². The third-order valence-corrected chi connectivity index (χ3v) is 7.68. The monoisotopic (exact) mass is 627 g/mol. The van der Waals surface area contributed by atoms with Crippen molar-refractivity contribution in [2.45, 2.75) is 49.9 Å². The van der Waals surface area contributed by atoms with E-state index in [2.05, 4.69) is 37.2 Å². The lowest BCUT2D eigenvalue weighted by atomic mass is 9.95. The van der Waals surface area contributed by atoms with Crippen LogP contribution in [0.15, 0.2) is 36.4 Å². The molecule has 3 rings (SSSR count). The molecule has 4 atom stereocenters. The number of nitrogens with one attached hydrogen (secondary N) is 7. The maximum Gasteiger partial charge on any atom is 0.245 e. The summed E-state index contributed by atoms with van der Waals surface area (Å²) >= 11 is 0. The minimum Gasteiger partial charge on any atom is -0.508 e. The molecule has 10 N–H and O–H groups in total. The van der Waals surface area contributed by atoms with Crippen LogP contribution in [0.1, 0.15) is 24.0 Å². The van der Waals surface area contributed by atoms with E-state index in [1.807, 2.05) is 0 Å². The summed E-state index contributed by atoms with van der Waals surface area (Å²) in [5.74, 6) is -2.59. The molecule has 0 aromatic heterocycles. The van der Waals surface area contributed by atoms with Crippen molar-refractivity contribution in [3.8, 4) is 22.6 Å². The van der Waals surface area contributed by atoms with Crippen LogP contribution in [0, 0.1) is 0 Å². The van der Waals surface area contributed by atoms with Gasteiger partial charge < -0.3 is 52.5 Å². The van der Waals surface area contributed by atoms with E-state index in [1.54, 1.807) is 45.4 Å². The molecular formula is C31H45N7O7. The van der Waals surface area contributed by atoms with Gasteiger partial charge in [-0.3, -0.25) is 19.2 Å². The van der Waals surface area contributed by atoms with Gasteiger partial charge in [0.15, 0.2) is 0 Å². The fourth-order valence-electron chi connectivity index (χ4n) is 5.03. The average Bonchev–Trinajstić information content (AvgIpc) is 3.02. The molecular weight excluding hydrogens is 582 g/mol. The van der Waals surface area contributed by atoms with E-state index in [1.165, 1.54) is 12.1 Å². The zero-order chi connectivity index (χ0) is 32.9. The van der Waals surface area contributed by atoms with Gasteiger partial charge in [0.25, 0.3) is 0 Å². The first-order valence-electron chi connectivity index (χ1n) is 15.0. The van der Waals surface area contributed by atoms with E-state index < -0.39 is 54.4 Å². The second kappa shape index (κ2) is 17.3.